The van der Waals surface area contributed by atoms with E-state index in [-0.39, 0.29) is 34.9 Å². The molecule has 1 heterocycles. The fourth-order valence-corrected chi connectivity index (χ4v) is 5.63. The minimum Gasteiger partial charge on any atom is -0.508 e. The number of aliphatic hydroxyl groups is 1. The number of hydrogen-bond donors (Lipinski definition) is 4. The SMILES string of the molecule is CO[C@H]1C[C@H](C)Cc2c(O)c(cc(O)c2CCCN(C)C)NC(=O)/C(C)=C/C=C\[C@H](C)[C@@H](OC(C)=O)/C(C)=C/[C@H](C)[C@H]1O. The number of nitrogens with zero attached hydrogens (tertiary/aromatic N) is 1. The number of rotatable bonds is 6. The van der Waals surface area contributed by atoms with Crippen LogP contribution in [0.15, 0.2) is 41.5 Å². The highest BCUT2D eigenvalue weighted by Gasteiger charge is 2.29. The molecule has 9 nitrogen and oxygen atoms in total. The molecule has 0 fully saturated rings. The molecule has 0 aliphatic carbocycles. The van der Waals surface area contributed by atoms with E-state index in [0.717, 1.165) is 18.5 Å². The molecular formula is C34H52N2O7. The van der Waals surface area contributed by atoms with E-state index in [1.165, 1.54) is 13.0 Å². The number of methoxy groups -OCH3 is 1. The second-order valence-corrected chi connectivity index (χ2v) is 12.3. The zero-order chi connectivity index (χ0) is 32.4. The summed E-state index contributed by atoms with van der Waals surface area (Å²) in [6.45, 7) is 11.5. The first kappa shape index (κ1) is 36.1. The van der Waals surface area contributed by atoms with Crippen LogP contribution in [0.5, 0.6) is 11.5 Å². The molecule has 2 rings (SSSR count). The fraction of sp³-hybridized carbons (Fsp3) is 0.588. The lowest BCUT2D eigenvalue weighted by molar-refractivity contribution is -0.146. The molecule has 1 aliphatic heterocycles. The van der Waals surface area contributed by atoms with Crippen molar-refractivity contribution in [2.45, 2.75) is 85.5 Å². The van der Waals surface area contributed by atoms with E-state index < -0.39 is 30.2 Å². The first-order valence-electron chi connectivity index (χ1n) is 15.1. The molecule has 6 atom stereocenters. The Kier molecular flexibility index (Phi) is 14.0. The van der Waals surface area contributed by atoms with Crippen LogP contribution in [0.4, 0.5) is 5.69 Å². The number of phenols is 2. The van der Waals surface area contributed by atoms with Gasteiger partial charge in [0.2, 0.25) is 0 Å². The topological polar surface area (TPSA) is 129 Å². The van der Waals surface area contributed by atoms with E-state index in [1.54, 1.807) is 26.2 Å². The lowest BCUT2D eigenvalue weighted by Crippen LogP contribution is -2.35. The summed E-state index contributed by atoms with van der Waals surface area (Å²) < 4.78 is 11.4. The van der Waals surface area contributed by atoms with E-state index in [2.05, 4.69) is 10.2 Å². The highest BCUT2D eigenvalue weighted by atomic mass is 16.5. The van der Waals surface area contributed by atoms with Crippen molar-refractivity contribution in [3.8, 4) is 11.5 Å². The molecule has 0 radical (unpaired) electrons. The Bertz CT molecular complexity index is 1200. The quantitative estimate of drug-likeness (QED) is 0.153. The van der Waals surface area contributed by atoms with E-state index >= 15 is 0 Å². The van der Waals surface area contributed by atoms with E-state index in [0.29, 0.717) is 36.0 Å². The third kappa shape index (κ3) is 10.5. The van der Waals surface area contributed by atoms with Gasteiger partial charge in [0, 0.05) is 48.6 Å². The van der Waals surface area contributed by atoms with Crippen LogP contribution in [0.3, 0.4) is 0 Å². The Morgan fingerprint density at radius 1 is 1.14 bits per heavy atom. The number of benzene rings is 1. The molecule has 9 heteroatoms. The first-order valence-corrected chi connectivity index (χ1v) is 15.1. The van der Waals surface area contributed by atoms with Gasteiger partial charge in [0.15, 0.2) is 0 Å². The number of phenolic OH excluding ortho intramolecular Hbond substituents is 2. The number of aromatic hydroxyl groups is 2. The summed E-state index contributed by atoms with van der Waals surface area (Å²) in [5, 5.41) is 36.5. The minimum absolute atomic E-state index is 0.0179. The van der Waals surface area contributed by atoms with Gasteiger partial charge in [-0.05, 0) is 71.7 Å². The number of carbonyl (C=O) groups excluding carboxylic acids is 2. The van der Waals surface area contributed by atoms with Crippen LogP contribution < -0.4 is 5.32 Å². The van der Waals surface area contributed by atoms with Crippen LogP contribution in [-0.2, 0) is 31.9 Å². The third-order valence-corrected chi connectivity index (χ3v) is 8.05. The normalized spacial score (nSPS) is 29.2. The largest absolute Gasteiger partial charge is 0.508 e. The van der Waals surface area contributed by atoms with Gasteiger partial charge >= 0.3 is 5.97 Å². The molecule has 0 spiro atoms. The predicted molar refractivity (Wildman–Crippen MR) is 170 cm³/mol. The zero-order valence-electron chi connectivity index (χ0n) is 27.3. The number of nitrogens with one attached hydrogen (secondary N) is 1. The van der Waals surface area contributed by atoms with Gasteiger partial charge < -0.3 is 35.0 Å². The number of aliphatic hydroxyl groups excluding tert-OH is 1. The molecule has 1 aromatic rings. The maximum absolute atomic E-state index is 13.1. The molecule has 1 amide bonds. The molecule has 43 heavy (non-hydrogen) atoms. The van der Waals surface area contributed by atoms with Gasteiger partial charge in [-0.25, -0.2) is 0 Å². The van der Waals surface area contributed by atoms with Crippen LogP contribution in [0.2, 0.25) is 0 Å². The average Bonchev–Trinajstić information content (AvgIpc) is 2.92. The van der Waals surface area contributed by atoms with Crippen molar-refractivity contribution in [3.05, 3.63) is 52.6 Å². The summed E-state index contributed by atoms with van der Waals surface area (Å²) in [6.07, 6.45) is 7.45. The Morgan fingerprint density at radius 2 is 1.81 bits per heavy atom. The summed E-state index contributed by atoms with van der Waals surface area (Å²) in [5.41, 5.74) is 2.55. The maximum atomic E-state index is 13.1. The minimum atomic E-state index is -0.842. The number of allylic oxidation sites excluding steroid dienone is 2. The summed E-state index contributed by atoms with van der Waals surface area (Å²) in [7, 11) is 5.53. The summed E-state index contributed by atoms with van der Waals surface area (Å²) in [6, 6.07) is 1.40. The molecule has 240 valence electrons. The molecule has 0 saturated heterocycles. The van der Waals surface area contributed by atoms with Crippen molar-refractivity contribution >= 4 is 17.6 Å². The van der Waals surface area contributed by atoms with Crippen LogP contribution in [0, 0.1) is 17.8 Å². The van der Waals surface area contributed by atoms with Gasteiger partial charge in [-0.15, -0.1) is 0 Å². The molecule has 0 saturated carbocycles. The maximum Gasteiger partial charge on any atom is 0.303 e. The zero-order valence-corrected chi connectivity index (χ0v) is 27.3. The highest BCUT2D eigenvalue weighted by molar-refractivity contribution is 6.04. The average molecular weight is 601 g/mol. The molecule has 1 aliphatic rings. The Morgan fingerprint density at radius 3 is 2.42 bits per heavy atom. The monoisotopic (exact) mass is 600 g/mol. The number of carbonyl (C=O) groups is 2. The van der Waals surface area contributed by atoms with Crippen molar-refractivity contribution < 1.29 is 34.4 Å². The molecular weight excluding hydrogens is 548 g/mol. The molecule has 1 aromatic carbocycles. The molecule has 2 bridgehead atoms. The van der Waals surface area contributed by atoms with Crippen molar-refractivity contribution in [3.63, 3.8) is 0 Å². The van der Waals surface area contributed by atoms with Crippen molar-refractivity contribution in [2.75, 3.05) is 33.1 Å². The standard InChI is InChI=1S/C34H52N2O7/c1-20-16-27-26(14-11-15-36(7)8)29(38)19-28(32(27)40)35-34(41)22(3)13-10-12-21(2)33(43-25(6)37)24(5)18-23(4)31(39)30(17-20)42-9/h10,12-13,18-21,23,30-31,33,38-40H,11,14-17H2,1-9H3,(H,35,41)/b12-10-,22-13+,24-18+/t20-,21+,23+,30+,31-,33-/m1/s1. The van der Waals surface area contributed by atoms with Crippen LogP contribution in [0.1, 0.15) is 65.5 Å². The molecule has 0 unspecified atom stereocenters. The van der Waals surface area contributed by atoms with Gasteiger partial charge in [0.1, 0.15) is 17.6 Å². The highest BCUT2D eigenvalue weighted by Crippen LogP contribution is 2.40. The van der Waals surface area contributed by atoms with Gasteiger partial charge in [0.25, 0.3) is 5.91 Å². The van der Waals surface area contributed by atoms with Crippen molar-refractivity contribution in [1.29, 1.82) is 0 Å². The van der Waals surface area contributed by atoms with Crippen LogP contribution >= 0.6 is 0 Å². The van der Waals surface area contributed by atoms with Crippen molar-refractivity contribution in [2.24, 2.45) is 17.8 Å². The Labute approximate surface area is 257 Å². The van der Waals surface area contributed by atoms with Crippen LogP contribution in [0.25, 0.3) is 0 Å². The van der Waals surface area contributed by atoms with Gasteiger partial charge in [-0.3, -0.25) is 9.59 Å². The third-order valence-electron chi connectivity index (χ3n) is 8.05. The number of fused-ring (bicyclic) bond motifs is 2. The lowest BCUT2D eigenvalue weighted by Gasteiger charge is -2.29. The molecule has 0 aromatic heterocycles. The summed E-state index contributed by atoms with van der Waals surface area (Å²) in [4.78, 5) is 27.1. The summed E-state index contributed by atoms with van der Waals surface area (Å²) in [5.74, 6) is -1.47. The number of ether oxygens (including phenoxy) is 2. The predicted octanol–water partition coefficient (Wildman–Crippen LogP) is 5.14. The van der Waals surface area contributed by atoms with E-state index in [4.69, 9.17) is 9.47 Å². The molecule has 4 N–H and O–H groups in total. The van der Waals surface area contributed by atoms with Crippen LogP contribution in [-0.4, -0.2) is 78.2 Å². The Balaban J connectivity index is 2.62. The number of esters is 1. The van der Waals surface area contributed by atoms with E-state index in [9.17, 15) is 24.9 Å². The van der Waals surface area contributed by atoms with Crippen molar-refractivity contribution in [1.82, 2.24) is 4.90 Å². The smallest absolute Gasteiger partial charge is 0.303 e. The fourth-order valence-electron chi connectivity index (χ4n) is 5.63. The van der Waals surface area contributed by atoms with Gasteiger partial charge in [-0.2, -0.15) is 0 Å². The number of anilines is 1. The summed E-state index contributed by atoms with van der Waals surface area (Å²) >= 11 is 0. The first-order chi connectivity index (χ1) is 20.2. The second kappa shape index (κ2) is 16.6. The van der Waals surface area contributed by atoms with Gasteiger partial charge in [0.05, 0.1) is 17.9 Å². The lowest BCUT2D eigenvalue weighted by atomic mass is 9.86. The van der Waals surface area contributed by atoms with E-state index in [1.807, 2.05) is 53.9 Å². The Hall–Kier alpha value is -3.14. The number of amides is 1. The second-order valence-electron chi connectivity index (χ2n) is 12.3. The number of hydrogen-bond acceptors (Lipinski definition) is 8. The van der Waals surface area contributed by atoms with Gasteiger partial charge in [-0.1, -0.05) is 45.1 Å².